The highest BCUT2D eigenvalue weighted by Gasteiger charge is 2.17. The molecule has 0 aliphatic carbocycles. The predicted octanol–water partition coefficient (Wildman–Crippen LogP) is 2.79. The molecule has 0 radical (unpaired) electrons. The van der Waals surface area contributed by atoms with Gasteiger partial charge in [-0.15, -0.1) is 0 Å². The summed E-state index contributed by atoms with van der Waals surface area (Å²) in [6, 6.07) is 2.41. The molecular weight excluding hydrogens is 272 g/mol. The molecule has 1 saturated heterocycles. The van der Waals surface area contributed by atoms with Crippen LogP contribution in [0.15, 0.2) is 6.07 Å². The van der Waals surface area contributed by atoms with Gasteiger partial charge >= 0.3 is 0 Å². The maximum atomic E-state index is 6.02. The molecule has 1 aromatic rings. The Bertz CT molecular complexity index is 398. The molecule has 1 atom stereocenters. The smallest absolute Gasteiger partial charge is 0.144 e. The van der Waals surface area contributed by atoms with Crippen molar-refractivity contribution in [1.82, 2.24) is 20.2 Å². The molecule has 2 rings (SSSR count). The third-order valence-electron chi connectivity index (χ3n) is 3.67. The fourth-order valence-corrected chi connectivity index (χ4v) is 3.06. The van der Waals surface area contributed by atoms with Crippen molar-refractivity contribution in [2.45, 2.75) is 52.1 Å². The van der Waals surface area contributed by atoms with Crippen LogP contribution in [0.1, 0.15) is 44.1 Å². The maximum absolute atomic E-state index is 6.02. The molecule has 112 valence electrons. The van der Waals surface area contributed by atoms with Crippen LogP contribution >= 0.6 is 11.6 Å². The summed E-state index contributed by atoms with van der Waals surface area (Å²) in [7, 11) is 0. The molecule has 20 heavy (non-hydrogen) atoms. The van der Waals surface area contributed by atoms with Crippen LogP contribution in [0.25, 0.3) is 0 Å². The molecule has 1 fully saturated rings. The SMILES string of the molecule is CCCN(Cc1nc(C)cc(Cl)n1)CC1CCCCN1. The first kappa shape index (κ1) is 15.7. The minimum absolute atomic E-state index is 0.541. The Balaban J connectivity index is 1.96. The molecule has 0 spiro atoms. The maximum Gasteiger partial charge on any atom is 0.144 e. The lowest BCUT2D eigenvalue weighted by Crippen LogP contribution is -2.43. The minimum Gasteiger partial charge on any atom is -0.313 e. The summed E-state index contributed by atoms with van der Waals surface area (Å²) in [5.41, 5.74) is 0.937. The van der Waals surface area contributed by atoms with Crippen LogP contribution in [0.3, 0.4) is 0 Å². The van der Waals surface area contributed by atoms with Crippen molar-refractivity contribution >= 4 is 11.6 Å². The second kappa shape index (κ2) is 7.91. The summed E-state index contributed by atoms with van der Waals surface area (Å²) in [5.74, 6) is 0.833. The van der Waals surface area contributed by atoms with E-state index in [1.54, 1.807) is 6.07 Å². The number of rotatable bonds is 6. The number of hydrogen-bond donors (Lipinski definition) is 1. The number of nitrogens with zero attached hydrogens (tertiary/aromatic N) is 3. The van der Waals surface area contributed by atoms with E-state index < -0.39 is 0 Å². The molecule has 1 aromatic heterocycles. The van der Waals surface area contributed by atoms with Crippen LogP contribution < -0.4 is 5.32 Å². The number of halogens is 1. The van der Waals surface area contributed by atoms with Gasteiger partial charge in [0.25, 0.3) is 0 Å². The van der Waals surface area contributed by atoms with Crippen LogP contribution in [0.5, 0.6) is 0 Å². The molecule has 0 amide bonds. The van der Waals surface area contributed by atoms with Crippen molar-refractivity contribution in [2.75, 3.05) is 19.6 Å². The highest BCUT2D eigenvalue weighted by atomic mass is 35.5. The summed E-state index contributed by atoms with van der Waals surface area (Å²) in [5, 5.41) is 4.15. The van der Waals surface area contributed by atoms with Gasteiger partial charge < -0.3 is 5.32 Å². The summed E-state index contributed by atoms with van der Waals surface area (Å²) >= 11 is 6.02. The first-order valence-corrected chi connectivity index (χ1v) is 8.01. The monoisotopic (exact) mass is 296 g/mol. The second-order valence-corrected chi connectivity index (χ2v) is 6.02. The van der Waals surface area contributed by atoms with Gasteiger partial charge in [0.1, 0.15) is 11.0 Å². The summed E-state index contributed by atoms with van der Waals surface area (Å²) in [4.78, 5) is 11.3. The first-order chi connectivity index (χ1) is 9.67. The van der Waals surface area contributed by atoms with E-state index >= 15 is 0 Å². The Morgan fingerprint density at radius 3 is 2.90 bits per heavy atom. The Kier molecular flexibility index (Phi) is 6.20. The van der Waals surface area contributed by atoms with E-state index in [-0.39, 0.29) is 0 Å². The molecule has 0 saturated carbocycles. The number of hydrogen-bond acceptors (Lipinski definition) is 4. The van der Waals surface area contributed by atoms with Crippen LogP contribution in [0, 0.1) is 6.92 Å². The summed E-state index contributed by atoms with van der Waals surface area (Å²) in [6.07, 6.45) is 5.06. The van der Waals surface area contributed by atoms with Gasteiger partial charge in [-0.1, -0.05) is 24.9 Å². The van der Waals surface area contributed by atoms with E-state index in [0.29, 0.717) is 11.2 Å². The Labute approximate surface area is 126 Å². The first-order valence-electron chi connectivity index (χ1n) is 7.63. The molecule has 1 N–H and O–H groups in total. The number of nitrogens with one attached hydrogen (secondary N) is 1. The molecule has 1 unspecified atom stereocenters. The minimum atomic E-state index is 0.541. The van der Waals surface area contributed by atoms with E-state index in [1.807, 2.05) is 6.92 Å². The van der Waals surface area contributed by atoms with Crippen molar-refractivity contribution in [3.63, 3.8) is 0 Å². The van der Waals surface area contributed by atoms with Crippen molar-refractivity contribution in [1.29, 1.82) is 0 Å². The Hall–Kier alpha value is -0.710. The van der Waals surface area contributed by atoms with Gasteiger partial charge in [0, 0.05) is 18.3 Å². The predicted molar refractivity (Wildman–Crippen MR) is 83.0 cm³/mol. The van der Waals surface area contributed by atoms with E-state index in [0.717, 1.165) is 44.1 Å². The van der Waals surface area contributed by atoms with Crippen LogP contribution in [-0.4, -0.2) is 40.5 Å². The lowest BCUT2D eigenvalue weighted by molar-refractivity contribution is 0.213. The van der Waals surface area contributed by atoms with E-state index in [4.69, 9.17) is 11.6 Å². The van der Waals surface area contributed by atoms with Gasteiger partial charge in [0.2, 0.25) is 0 Å². The van der Waals surface area contributed by atoms with Gasteiger partial charge in [-0.2, -0.15) is 0 Å². The van der Waals surface area contributed by atoms with E-state index in [1.165, 1.54) is 19.3 Å². The number of aryl methyl sites for hydroxylation is 1. The highest BCUT2D eigenvalue weighted by Crippen LogP contribution is 2.12. The molecule has 1 aliphatic rings. The summed E-state index contributed by atoms with van der Waals surface area (Å²) in [6.45, 7) is 8.26. The molecule has 0 aromatic carbocycles. The zero-order chi connectivity index (χ0) is 14.4. The largest absolute Gasteiger partial charge is 0.313 e. The third kappa shape index (κ3) is 5.00. The van der Waals surface area contributed by atoms with Gasteiger partial charge in [0.15, 0.2) is 0 Å². The van der Waals surface area contributed by atoms with E-state index in [2.05, 4.69) is 27.1 Å². The number of aromatic nitrogens is 2. The lowest BCUT2D eigenvalue weighted by atomic mass is 10.0. The normalized spacial score (nSPS) is 19.5. The standard InChI is InChI=1S/C15H25ClN4/c1-3-8-20(10-13-6-4-5-7-17-13)11-15-18-12(2)9-14(16)19-15/h9,13,17H,3-8,10-11H2,1-2H3. The molecule has 2 heterocycles. The fraction of sp³-hybridized carbons (Fsp3) is 0.733. The number of piperidine rings is 1. The fourth-order valence-electron chi connectivity index (χ4n) is 2.80. The molecule has 4 nitrogen and oxygen atoms in total. The lowest BCUT2D eigenvalue weighted by Gasteiger charge is -2.30. The van der Waals surface area contributed by atoms with Gasteiger partial charge in [-0.25, -0.2) is 9.97 Å². The van der Waals surface area contributed by atoms with Crippen molar-refractivity contribution in [3.8, 4) is 0 Å². The molecule has 1 aliphatic heterocycles. The molecule has 5 heteroatoms. The van der Waals surface area contributed by atoms with Crippen LogP contribution in [0.4, 0.5) is 0 Å². The summed E-state index contributed by atoms with van der Waals surface area (Å²) < 4.78 is 0. The molecule has 0 bridgehead atoms. The van der Waals surface area contributed by atoms with Gasteiger partial charge in [-0.3, -0.25) is 4.90 Å². The average Bonchev–Trinajstić information content (AvgIpc) is 2.39. The van der Waals surface area contributed by atoms with Crippen LogP contribution in [0.2, 0.25) is 5.15 Å². The molecular formula is C15H25ClN4. The van der Waals surface area contributed by atoms with Gasteiger partial charge in [-0.05, 0) is 45.3 Å². The Morgan fingerprint density at radius 1 is 1.40 bits per heavy atom. The Morgan fingerprint density at radius 2 is 2.25 bits per heavy atom. The van der Waals surface area contributed by atoms with Crippen molar-refractivity contribution < 1.29 is 0 Å². The zero-order valence-electron chi connectivity index (χ0n) is 12.5. The van der Waals surface area contributed by atoms with Crippen molar-refractivity contribution in [2.24, 2.45) is 0 Å². The van der Waals surface area contributed by atoms with Gasteiger partial charge in [0.05, 0.1) is 6.54 Å². The average molecular weight is 297 g/mol. The zero-order valence-corrected chi connectivity index (χ0v) is 13.3. The quantitative estimate of drug-likeness (QED) is 0.820. The van der Waals surface area contributed by atoms with E-state index in [9.17, 15) is 0 Å². The van der Waals surface area contributed by atoms with Crippen LogP contribution in [-0.2, 0) is 6.54 Å². The second-order valence-electron chi connectivity index (χ2n) is 5.63. The topological polar surface area (TPSA) is 41.1 Å². The van der Waals surface area contributed by atoms with Crippen molar-refractivity contribution in [3.05, 3.63) is 22.7 Å². The highest BCUT2D eigenvalue weighted by molar-refractivity contribution is 6.29. The third-order valence-corrected chi connectivity index (χ3v) is 3.86.